The van der Waals surface area contributed by atoms with E-state index < -0.39 is 0 Å². The van der Waals surface area contributed by atoms with Crippen molar-refractivity contribution in [2.24, 2.45) is 0 Å². The van der Waals surface area contributed by atoms with E-state index in [0.29, 0.717) is 18.3 Å². The van der Waals surface area contributed by atoms with E-state index in [1.54, 1.807) is 11.8 Å². The average molecular weight is 266 g/mol. The first-order valence-electron chi connectivity index (χ1n) is 6.19. The summed E-state index contributed by atoms with van der Waals surface area (Å²) < 4.78 is 0. The lowest BCUT2D eigenvalue weighted by atomic mass is 10.2. The van der Waals surface area contributed by atoms with E-state index in [1.165, 1.54) is 11.1 Å². The van der Waals surface area contributed by atoms with Crippen LogP contribution in [0.25, 0.3) is 0 Å². The van der Waals surface area contributed by atoms with Crippen molar-refractivity contribution in [3.63, 3.8) is 0 Å². The maximum Gasteiger partial charge on any atom is 0.230 e. The number of likely N-dealkylation sites (N-methyl/N-ethyl adjacent to an activating group) is 1. The topological polar surface area (TPSA) is 41.1 Å². The smallest absolute Gasteiger partial charge is 0.230 e. The zero-order valence-electron chi connectivity index (χ0n) is 11.3. The Kier molecular flexibility index (Phi) is 6.83. The summed E-state index contributed by atoms with van der Waals surface area (Å²) in [6, 6.07) is 8.75. The number of hydrogen-bond donors (Lipinski definition) is 2. The Hall–Kier alpha value is -1.00. The molecular formula is C14H22N2OS. The van der Waals surface area contributed by atoms with Gasteiger partial charge in [0.15, 0.2) is 0 Å². The van der Waals surface area contributed by atoms with Crippen molar-refractivity contribution >= 4 is 17.7 Å². The van der Waals surface area contributed by atoms with Crippen molar-refractivity contribution in [2.45, 2.75) is 25.6 Å². The number of thioether (sulfide) groups is 1. The fraction of sp³-hybridized carbons (Fsp3) is 0.500. The second-order valence-corrected chi connectivity index (χ2v) is 5.46. The van der Waals surface area contributed by atoms with Crippen LogP contribution in [-0.4, -0.2) is 31.3 Å². The van der Waals surface area contributed by atoms with Crippen LogP contribution in [-0.2, 0) is 10.5 Å². The Morgan fingerprint density at radius 3 is 2.61 bits per heavy atom. The van der Waals surface area contributed by atoms with E-state index in [4.69, 9.17) is 0 Å². The molecule has 0 saturated carbocycles. The molecule has 0 aromatic heterocycles. The van der Waals surface area contributed by atoms with Crippen molar-refractivity contribution < 1.29 is 4.79 Å². The molecule has 3 nitrogen and oxygen atoms in total. The normalized spacial score (nSPS) is 12.2. The standard InChI is InChI=1S/C14H22N2OS/c1-11-4-6-13(7-5-11)9-18-10-14(17)16-8-12(2)15-3/h4-7,12,15H,8-10H2,1-3H3,(H,16,17). The highest BCUT2D eigenvalue weighted by Crippen LogP contribution is 2.12. The molecule has 0 heterocycles. The van der Waals surface area contributed by atoms with Gasteiger partial charge in [-0.25, -0.2) is 0 Å². The first kappa shape index (κ1) is 15.1. The van der Waals surface area contributed by atoms with Crippen molar-refractivity contribution in [3.05, 3.63) is 35.4 Å². The number of benzene rings is 1. The molecule has 0 spiro atoms. The summed E-state index contributed by atoms with van der Waals surface area (Å²) in [5.74, 6) is 1.51. The fourth-order valence-electron chi connectivity index (χ4n) is 1.37. The lowest BCUT2D eigenvalue weighted by Gasteiger charge is -2.11. The molecule has 18 heavy (non-hydrogen) atoms. The highest BCUT2D eigenvalue weighted by atomic mass is 32.2. The molecule has 1 atom stereocenters. The van der Waals surface area contributed by atoms with Crippen LogP contribution in [0.3, 0.4) is 0 Å². The predicted molar refractivity (Wildman–Crippen MR) is 78.9 cm³/mol. The Morgan fingerprint density at radius 1 is 1.33 bits per heavy atom. The van der Waals surface area contributed by atoms with Gasteiger partial charge in [0.25, 0.3) is 0 Å². The summed E-state index contributed by atoms with van der Waals surface area (Å²) in [4.78, 5) is 11.5. The Balaban J connectivity index is 2.17. The lowest BCUT2D eigenvalue weighted by Crippen LogP contribution is -2.37. The molecule has 1 amide bonds. The molecule has 1 rings (SSSR count). The number of aryl methyl sites for hydroxylation is 1. The van der Waals surface area contributed by atoms with Crippen LogP contribution in [0, 0.1) is 6.92 Å². The van der Waals surface area contributed by atoms with Gasteiger partial charge < -0.3 is 10.6 Å². The Bertz CT molecular complexity index is 365. The molecular weight excluding hydrogens is 244 g/mol. The van der Waals surface area contributed by atoms with Gasteiger partial charge >= 0.3 is 0 Å². The van der Waals surface area contributed by atoms with Crippen LogP contribution in [0.15, 0.2) is 24.3 Å². The van der Waals surface area contributed by atoms with Gasteiger partial charge in [-0.15, -0.1) is 11.8 Å². The van der Waals surface area contributed by atoms with Crippen LogP contribution in [0.1, 0.15) is 18.1 Å². The highest BCUT2D eigenvalue weighted by Gasteiger charge is 2.03. The van der Waals surface area contributed by atoms with Crippen LogP contribution in [0.5, 0.6) is 0 Å². The Morgan fingerprint density at radius 2 is 2.00 bits per heavy atom. The Labute approximate surface area is 114 Å². The summed E-state index contributed by atoms with van der Waals surface area (Å²) >= 11 is 1.65. The minimum Gasteiger partial charge on any atom is -0.354 e. The van der Waals surface area contributed by atoms with Gasteiger partial charge in [0, 0.05) is 18.3 Å². The highest BCUT2D eigenvalue weighted by molar-refractivity contribution is 7.99. The average Bonchev–Trinajstić information content (AvgIpc) is 2.38. The second kappa shape index (κ2) is 8.16. The van der Waals surface area contributed by atoms with E-state index in [2.05, 4.69) is 41.8 Å². The molecule has 0 fully saturated rings. The van der Waals surface area contributed by atoms with Crippen molar-refractivity contribution in [1.82, 2.24) is 10.6 Å². The number of carbonyl (C=O) groups excluding carboxylic acids is 1. The first-order valence-corrected chi connectivity index (χ1v) is 7.34. The number of rotatable bonds is 7. The molecule has 100 valence electrons. The van der Waals surface area contributed by atoms with E-state index >= 15 is 0 Å². The zero-order chi connectivity index (χ0) is 13.4. The predicted octanol–water partition coefficient (Wildman–Crippen LogP) is 1.95. The number of hydrogen-bond acceptors (Lipinski definition) is 3. The summed E-state index contributed by atoms with van der Waals surface area (Å²) in [5, 5.41) is 5.99. The number of carbonyl (C=O) groups is 1. The summed E-state index contributed by atoms with van der Waals surface area (Å²) in [7, 11) is 1.89. The third-order valence-electron chi connectivity index (χ3n) is 2.72. The van der Waals surface area contributed by atoms with E-state index in [0.717, 1.165) is 5.75 Å². The van der Waals surface area contributed by atoms with Crippen LogP contribution < -0.4 is 10.6 Å². The van der Waals surface area contributed by atoms with Crippen molar-refractivity contribution in [1.29, 1.82) is 0 Å². The first-order chi connectivity index (χ1) is 8.61. The molecule has 0 saturated heterocycles. The van der Waals surface area contributed by atoms with Gasteiger partial charge in [-0.05, 0) is 26.5 Å². The molecule has 0 radical (unpaired) electrons. The summed E-state index contributed by atoms with van der Waals surface area (Å²) in [6.07, 6.45) is 0. The fourth-order valence-corrected chi connectivity index (χ4v) is 2.18. The number of nitrogens with one attached hydrogen (secondary N) is 2. The third kappa shape index (κ3) is 6.07. The maximum absolute atomic E-state index is 11.5. The van der Waals surface area contributed by atoms with Gasteiger partial charge in [-0.2, -0.15) is 0 Å². The molecule has 1 unspecified atom stereocenters. The second-order valence-electron chi connectivity index (χ2n) is 4.47. The molecule has 4 heteroatoms. The van der Waals surface area contributed by atoms with E-state index in [9.17, 15) is 4.79 Å². The minimum atomic E-state index is 0.106. The monoisotopic (exact) mass is 266 g/mol. The third-order valence-corrected chi connectivity index (χ3v) is 3.72. The van der Waals surface area contributed by atoms with Gasteiger partial charge in [0.2, 0.25) is 5.91 Å². The maximum atomic E-state index is 11.5. The molecule has 1 aromatic carbocycles. The molecule has 0 bridgehead atoms. The molecule has 0 aliphatic rings. The summed E-state index contributed by atoms with van der Waals surface area (Å²) in [6.45, 7) is 4.80. The van der Waals surface area contributed by atoms with Gasteiger partial charge in [-0.3, -0.25) is 4.79 Å². The van der Waals surface area contributed by atoms with Crippen LogP contribution >= 0.6 is 11.8 Å². The van der Waals surface area contributed by atoms with Crippen molar-refractivity contribution in [2.75, 3.05) is 19.3 Å². The van der Waals surface area contributed by atoms with Crippen molar-refractivity contribution in [3.8, 4) is 0 Å². The number of amides is 1. The van der Waals surface area contributed by atoms with Crippen LogP contribution in [0.2, 0.25) is 0 Å². The molecule has 0 aliphatic heterocycles. The molecule has 0 aliphatic carbocycles. The van der Waals surface area contributed by atoms with Gasteiger partial charge in [0.05, 0.1) is 5.75 Å². The molecule has 1 aromatic rings. The largest absolute Gasteiger partial charge is 0.354 e. The van der Waals surface area contributed by atoms with Gasteiger partial charge in [0.1, 0.15) is 0 Å². The summed E-state index contributed by atoms with van der Waals surface area (Å²) in [5.41, 5.74) is 2.53. The SMILES string of the molecule is CNC(C)CNC(=O)CSCc1ccc(C)cc1. The lowest BCUT2D eigenvalue weighted by molar-refractivity contribution is -0.118. The van der Waals surface area contributed by atoms with Crippen LogP contribution in [0.4, 0.5) is 0 Å². The quantitative estimate of drug-likeness (QED) is 0.792. The van der Waals surface area contributed by atoms with E-state index in [1.807, 2.05) is 14.0 Å². The van der Waals surface area contributed by atoms with Gasteiger partial charge in [-0.1, -0.05) is 29.8 Å². The molecule has 2 N–H and O–H groups in total. The van der Waals surface area contributed by atoms with E-state index in [-0.39, 0.29) is 5.91 Å². The minimum absolute atomic E-state index is 0.106. The zero-order valence-corrected chi connectivity index (χ0v) is 12.1.